The molecule has 1 aromatic rings. The third kappa shape index (κ3) is 2.23. The van der Waals surface area contributed by atoms with Gasteiger partial charge in [0.1, 0.15) is 0 Å². The van der Waals surface area contributed by atoms with Crippen molar-refractivity contribution in [1.29, 1.82) is 0 Å². The van der Waals surface area contributed by atoms with E-state index < -0.39 is 0 Å². The van der Waals surface area contributed by atoms with Crippen LogP contribution in [0.15, 0.2) is 16.5 Å². The molecule has 2 rings (SSSR count). The SMILES string of the molecule is COC1(CNC(=O)c2ccc(Cl)o2)CCC1. The second kappa shape index (κ2) is 4.47. The highest BCUT2D eigenvalue weighted by atomic mass is 35.5. The standard InChI is InChI=1S/C11H14ClNO3/c1-15-11(5-2-6-11)7-13-10(14)8-3-4-9(12)16-8/h3-4H,2,5-7H2,1H3,(H,13,14). The van der Waals surface area contributed by atoms with Gasteiger partial charge in [-0.2, -0.15) is 0 Å². The van der Waals surface area contributed by atoms with Crippen LogP contribution in [0.5, 0.6) is 0 Å². The number of carbonyl (C=O) groups excluding carboxylic acids is 1. The van der Waals surface area contributed by atoms with Crippen LogP contribution >= 0.6 is 11.6 Å². The van der Waals surface area contributed by atoms with Gasteiger partial charge >= 0.3 is 0 Å². The molecule has 0 radical (unpaired) electrons. The van der Waals surface area contributed by atoms with Gasteiger partial charge in [0.25, 0.3) is 5.91 Å². The number of furan rings is 1. The van der Waals surface area contributed by atoms with E-state index in [2.05, 4.69) is 5.32 Å². The molecule has 0 unspecified atom stereocenters. The molecule has 0 atom stereocenters. The Kier molecular flexibility index (Phi) is 3.21. The molecule has 1 aliphatic rings. The van der Waals surface area contributed by atoms with Crippen LogP contribution in [-0.2, 0) is 4.74 Å². The average molecular weight is 244 g/mol. The molecule has 0 aliphatic heterocycles. The van der Waals surface area contributed by atoms with E-state index in [1.54, 1.807) is 19.2 Å². The van der Waals surface area contributed by atoms with E-state index in [1.807, 2.05) is 0 Å². The average Bonchev–Trinajstić information content (AvgIpc) is 2.64. The fourth-order valence-electron chi connectivity index (χ4n) is 1.79. The number of rotatable bonds is 4. The van der Waals surface area contributed by atoms with Crippen molar-refractivity contribution >= 4 is 17.5 Å². The maximum absolute atomic E-state index is 11.6. The first-order valence-electron chi connectivity index (χ1n) is 5.24. The molecule has 0 spiro atoms. The number of carbonyl (C=O) groups is 1. The third-order valence-electron chi connectivity index (χ3n) is 3.07. The molecular formula is C11H14ClNO3. The number of halogens is 1. The summed E-state index contributed by atoms with van der Waals surface area (Å²) in [5.74, 6) is -0.0224. The zero-order chi connectivity index (χ0) is 11.6. The molecule has 1 heterocycles. The van der Waals surface area contributed by atoms with E-state index >= 15 is 0 Å². The number of hydrogen-bond donors (Lipinski definition) is 1. The molecule has 1 fully saturated rings. The molecule has 1 saturated carbocycles. The van der Waals surface area contributed by atoms with E-state index in [9.17, 15) is 4.79 Å². The van der Waals surface area contributed by atoms with Gasteiger partial charge < -0.3 is 14.5 Å². The van der Waals surface area contributed by atoms with E-state index in [-0.39, 0.29) is 22.5 Å². The molecule has 0 aromatic carbocycles. The lowest BCUT2D eigenvalue weighted by Gasteiger charge is -2.40. The monoisotopic (exact) mass is 243 g/mol. The lowest BCUT2D eigenvalue weighted by molar-refractivity contribution is -0.0680. The zero-order valence-electron chi connectivity index (χ0n) is 9.09. The first kappa shape index (κ1) is 11.5. The Bertz CT molecular complexity index is 379. The van der Waals surface area contributed by atoms with Gasteiger partial charge in [-0.25, -0.2) is 0 Å². The summed E-state index contributed by atoms with van der Waals surface area (Å²) in [6, 6.07) is 3.10. The van der Waals surface area contributed by atoms with Gasteiger partial charge in [-0.05, 0) is 43.0 Å². The smallest absolute Gasteiger partial charge is 0.287 e. The summed E-state index contributed by atoms with van der Waals surface area (Å²) in [5, 5.41) is 3.01. The minimum atomic E-state index is -0.254. The molecule has 1 amide bonds. The maximum atomic E-state index is 11.6. The van der Waals surface area contributed by atoms with Gasteiger partial charge in [0, 0.05) is 13.7 Å². The highest BCUT2D eigenvalue weighted by Gasteiger charge is 2.37. The minimum absolute atomic E-state index is 0.175. The molecule has 0 saturated heterocycles. The Morgan fingerprint density at radius 2 is 2.38 bits per heavy atom. The highest BCUT2D eigenvalue weighted by Crippen LogP contribution is 2.34. The lowest BCUT2D eigenvalue weighted by atomic mass is 9.80. The molecule has 0 bridgehead atoms. The first-order chi connectivity index (χ1) is 7.65. The fourth-order valence-corrected chi connectivity index (χ4v) is 1.94. The van der Waals surface area contributed by atoms with Gasteiger partial charge in [-0.3, -0.25) is 4.79 Å². The Morgan fingerprint density at radius 1 is 1.62 bits per heavy atom. The van der Waals surface area contributed by atoms with Crippen LogP contribution in [0.1, 0.15) is 29.8 Å². The minimum Gasteiger partial charge on any atom is -0.440 e. The van der Waals surface area contributed by atoms with Crippen molar-refractivity contribution in [3.05, 3.63) is 23.1 Å². The van der Waals surface area contributed by atoms with Crippen molar-refractivity contribution in [2.45, 2.75) is 24.9 Å². The Balaban J connectivity index is 1.88. The summed E-state index contributed by atoms with van der Waals surface area (Å²) in [7, 11) is 1.68. The van der Waals surface area contributed by atoms with Gasteiger partial charge in [0.05, 0.1) is 5.60 Å². The van der Waals surface area contributed by atoms with E-state index in [4.69, 9.17) is 20.8 Å². The highest BCUT2D eigenvalue weighted by molar-refractivity contribution is 6.29. The second-order valence-corrected chi connectivity index (χ2v) is 4.40. The molecule has 1 aliphatic carbocycles. The van der Waals surface area contributed by atoms with E-state index in [1.165, 1.54) is 0 Å². The number of nitrogens with one attached hydrogen (secondary N) is 1. The summed E-state index contributed by atoms with van der Waals surface area (Å²) in [5.41, 5.74) is -0.175. The largest absolute Gasteiger partial charge is 0.440 e. The molecule has 4 nitrogen and oxygen atoms in total. The maximum Gasteiger partial charge on any atom is 0.287 e. The van der Waals surface area contributed by atoms with Crippen LogP contribution in [-0.4, -0.2) is 25.2 Å². The second-order valence-electron chi connectivity index (χ2n) is 4.03. The summed E-state index contributed by atoms with van der Waals surface area (Å²) in [6.45, 7) is 0.515. The molecule has 5 heteroatoms. The van der Waals surface area contributed by atoms with Crippen LogP contribution in [0, 0.1) is 0 Å². The molecule has 16 heavy (non-hydrogen) atoms. The summed E-state index contributed by atoms with van der Waals surface area (Å²) in [6.07, 6.45) is 3.13. The van der Waals surface area contributed by atoms with Crippen molar-refractivity contribution in [2.24, 2.45) is 0 Å². The predicted octanol–water partition coefficient (Wildman–Crippen LogP) is 2.23. The van der Waals surface area contributed by atoms with Gasteiger partial charge in [0.2, 0.25) is 0 Å². The van der Waals surface area contributed by atoms with Gasteiger partial charge in [0.15, 0.2) is 11.0 Å². The van der Waals surface area contributed by atoms with Crippen LogP contribution in [0.25, 0.3) is 0 Å². The lowest BCUT2D eigenvalue weighted by Crippen LogP contribution is -2.49. The van der Waals surface area contributed by atoms with Crippen molar-refractivity contribution in [3.8, 4) is 0 Å². The molecule has 1 N–H and O–H groups in total. The summed E-state index contributed by atoms with van der Waals surface area (Å²) in [4.78, 5) is 11.6. The summed E-state index contributed by atoms with van der Waals surface area (Å²) < 4.78 is 10.4. The van der Waals surface area contributed by atoms with Crippen LogP contribution in [0.2, 0.25) is 5.22 Å². The van der Waals surface area contributed by atoms with Crippen molar-refractivity contribution < 1.29 is 13.9 Å². The van der Waals surface area contributed by atoms with Crippen LogP contribution < -0.4 is 5.32 Å². The van der Waals surface area contributed by atoms with Gasteiger partial charge in [-0.15, -0.1) is 0 Å². The van der Waals surface area contributed by atoms with Crippen molar-refractivity contribution in [2.75, 3.05) is 13.7 Å². The third-order valence-corrected chi connectivity index (χ3v) is 3.27. The topological polar surface area (TPSA) is 51.5 Å². The van der Waals surface area contributed by atoms with E-state index in [0.717, 1.165) is 19.3 Å². The predicted molar refractivity (Wildman–Crippen MR) is 59.6 cm³/mol. The number of amides is 1. The van der Waals surface area contributed by atoms with Crippen LogP contribution in [0.3, 0.4) is 0 Å². The normalized spacial score (nSPS) is 17.9. The first-order valence-corrected chi connectivity index (χ1v) is 5.62. The van der Waals surface area contributed by atoms with Gasteiger partial charge in [-0.1, -0.05) is 0 Å². The number of methoxy groups -OCH3 is 1. The Hall–Kier alpha value is -1.00. The van der Waals surface area contributed by atoms with E-state index in [0.29, 0.717) is 6.54 Å². The zero-order valence-corrected chi connectivity index (χ0v) is 9.84. The molecule has 1 aromatic heterocycles. The summed E-state index contributed by atoms with van der Waals surface area (Å²) >= 11 is 5.59. The van der Waals surface area contributed by atoms with Crippen molar-refractivity contribution in [1.82, 2.24) is 5.32 Å². The fraction of sp³-hybridized carbons (Fsp3) is 0.545. The number of hydrogen-bond acceptors (Lipinski definition) is 3. The Morgan fingerprint density at radius 3 is 2.81 bits per heavy atom. The van der Waals surface area contributed by atoms with Crippen molar-refractivity contribution in [3.63, 3.8) is 0 Å². The molecular weight excluding hydrogens is 230 g/mol. The number of ether oxygens (including phenoxy) is 1. The molecule has 88 valence electrons. The quantitative estimate of drug-likeness (QED) is 0.882. The van der Waals surface area contributed by atoms with Crippen LogP contribution in [0.4, 0.5) is 0 Å². The Labute approximate surface area is 98.9 Å².